The zero-order chi connectivity index (χ0) is 21.7. The maximum Gasteiger partial charge on any atom is 0.143 e. The molecular formula is C27H22N4S. The summed E-state index contributed by atoms with van der Waals surface area (Å²) in [6, 6.07) is 21.6. The number of hydrogen-bond acceptors (Lipinski definition) is 4. The average molecular weight is 435 g/mol. The van der Waals surface area contributed by atoms with Crippen molar-refractivity contribution in [3.63, 3.8) is 0 Å². The molecule has 0 unspecified atom stereocenters. The number of thiophene rings is 1. The van der Waals surface area contributed by atoms with Gasteiger partial charge in [-0.05, 0) is 36.6 Å². The van der Waals surface area contributed by atoms with Crippen molar-refractivity contribution in [1.29, 1.82) is 0 Å². The number of nitrogens with zero attached hydrogens (tertiary/aromatic N) is 2. The van der Waals surface area contributed by atoms with E-state index in [0.29, 0.717) is 0 Å². The molecule has 4 nitrogen and oxygen atoms in total. The minimum Gasteiger partial charge on any atom is -0.354 e. The molecular weight excluding hydrogens is 412 g/mol. The lowest BCUT2D eigenvalue weighted by Gasteiger charge is -2.09. The van der Waals surface area contributed by atoms with E-state index in [0.717, 1.165) is 39.2 Å². The van der Waals surface area contributed by atoms with Gasteiger partial charge < -0.3 is 10.3 Å². The first-order chi connectivity index (χ1) is 15.7. The summed E-state index contributed by atoms with van der Waals surface area (Å²) in [4.78, 5) is 13.7. The van der Waals surface area contributed by atoms with E-state index in [2.05, 4.69) is 100 Å². The molecule has 0 saturated heterocycles. The second kappa shape index (κ2) is 7.46. The molecule has 5 heteroatoms. The molecule has 3 aromatic carbocycles. The lowest BCUT2D eigenvalue weighted by atomic mass is 10.0. The van der Waals surface area contributed by atoms with E-state index in [1.54, 1.807) is 17.7 Å². The topological polar surface area (TPSA) is 53.6 Å². The minimum atomic E-state index is 0.830. The number of hydrogen-bond donors (Lipinski definition) is 2. The zero-order valence-electron chi connectivity index (χ0n) is 17.9. The molecule has 3 aromatic heterocycles. The van der Waals surface area contributed by atoms with Crippen molar-refractivity contribution in [3.8, 4) is 11.1 Å². The minimum absolute atomic E-state index is 0.830. The van der Waals surface area contributed by atoms with E-state index in [1.165, 1.54) is 33.0 Å². The molecule has 0 radical (unpaired) electrons. The molecule has 3 heterocycles. The number of aryl methyl sites for hydroxylation is 2. The molecule has 0 saturated carbocycles. The standard InChI is InChI=1S/C27H22N4S/c1-3-17-5-4-6-21-20-12-11-19(13-23(20)31-25(17)21)30-26-24-22(14-32-27(24)29-15-28-26)18-9-7-16(2)8-10-18/h4-15,31H,3H2,1-2H3,(H,28,29,30). The van der Waals surface area contributed by atoms with Gasteiger partial charge >= 0.3 is 0 Å². The molecule has 0 atom stereocenters. The van der Waals surface area contributed by atoms with Gasteiger partial charge in [0.05, 0.1) is 5.39 Å². The zero-order valence-corrected chi connectivity index (χ0v) is 18.8. The Hall–Kier alpha value is -3.70. The van der Waals surface area contributed by atoms with E-state index in [1.807, 2.05) is 0 Å². The highest BCUT2D eigenvalue weighted by Crippen LogP contribution is 2.38. The predicted octanol–water partition coefficient (Wildman–Crippen LogP) is 7.61. The second-order valence-corrected chi connectivity index (χ2v) is 8.98. The van der Waals surface area contributed by atoms with Crippen LogP contribution in [0, 0.1) is 6.92 Å². The van der Waals surface area contributed by atoms with Crippen LogP contribution in [-0.2, 0) is 6.42 Å². The summed E-state index contributed by atoms with van der Waals surface area (Å²) >= 11 is 1.65. The normalized spacial score (nSPS) is 11.6. The van der Waals surface area contributed by atoms with Crippen LogP contribution in [0.15, 0.2) is 72.4 Å². The van der Waals surface area contributed by atoms with Gasteiger partial charge in [0.1, 0.15) is 17.0 Å². The fourth-order valence-corrected chi connectivity index (χ4v) is 5.33. The molecule has 2 N–H and O–H groups in total. The number of aromatic nitrogens is 3. The monoisotopic (exact) mass is 434 g/mol. The Morgan fingerprint density at radius 3 is 2.69 bits per heavy atom. The first-order valence-electron chi connectivity index (χ1n) is 10.8. The predicted molar refractivity (Wildman–Crippen MR) is 136 cm³/mol. The molecule has 6 aromatic rings. The number of rotatable bonds is 4. The van der Waals surface area contributed by atoms with Gasteiger partial charge in [-0.15, -0.1) is 11.3 Å². The Morgan fingerprint density at radius 1 is 0.969 bits per heavy atom. The first kappa shape index (κ1) is 19.0. The van der Waals surface area contributed by atoms with E-state index >= 15 is 0 Å². The summed E-state index contributed by atoms with van der Waals surface area (Å²) in [7, 11) is 0. The van der Waals surface area contributed by atoms with Gasteiger partial charge in [-0.3, -0.25) is 0 Å². The summed E-state index contributed by atoms with van der Waals surface area (Å²) in [5.41, 5.74) is 8.28. The summed E-state index contributed by atoms with van der Waals surface area (Å²) < 4.78 is 0. The van der Waals surface area contributed by atoms with Crippen LogP contribution >= 0.6 is 11.3 Å². The Kier molecular flexibility index (Phi) is 4.44. The highest BCUT2D eigenvalue weighted by Gasteiger charge is 2.14. The fraction of sp³-hybridized carbons (Fsp3) is 0.111. The lowest BCUT2D eigenvalue weighted by molar-refractivity contribution is 1.15. The van der Waals surface area contributed by atoms with Crippen LogP contribution in [0.25, 0.3) is 43.1 Å². The Bertz CT molecular complexity index is 1590. The van der Waals surface area contributed by atoms with Crippen molar-refractivity contribution >= 4 is 54.9 Å². The molecule has 0 aliphatic rings. The maximum atomic E-state index is 4.60. The highest BCUT2D eigenvalue weighted by molar-refractivity contribution is 7.17. The number of benzene rings is 3. The molecule has 0 amide bonds. The van der Waals surface area contributed by atoms with Crippen LogP contribution in [-0.4, -0.2) is 15.0 Å². The Morgan fingerprint density at radius 2 is 1.84 bits per heavy atom. The number of para-hydroxylation sites is 1. The van der Waals surface area contributed by atoms with Crippen LogP contribution in [0.5, 0.6) is 0 Å². The van der Waals surface area contributed by atoms with Crippen LogP contribution in [0.1, 0.15) is 18.1 Å². The van der Waals surface area contributed by atoms with Gasteiger partial charge in [0.25, 0.3) is 0 Å². The van der Waals surface area contributed by atoms with Crippen molar-refractivity contribution in [2.24, 2.45) is 0 Å². The molecule has 6 rings (SSSR count). The van der Waals surface area contributed by atoms with Crippen molar-refractivity contribution in [2.75, 3.05) is 5.32 Å². The quantitative estimate of drug-likeness (QED) is 0.300. The third-order valence-corrected chi connectivity index (χ3v) is 6.98. The third kappa shape index (κ3) is 3.05. The van der Waals surface area contributed by atoms with E-state index in [9.17, 15) is 0 Å². The van der Waals surface area contributed by atoms with E-state index in [-0.39, 0.29) is 0 Å². The first-order valence-corrected chi connectivity index (χ1v) is 11.7. The lowest BCUT2D eigenvalue weighted by Crippen LogP contribution is -1.95. The number of H-pyrrole nitrogens is 1. The van der Waals surface area contributed by atoms with Gasteiger partial charge in [-0.2, -0.15) is 0 Å². The SMILES string of the molecule is CCc1cccc2c1[nH]c1cc(Nc3ncnc4scc(-c5ccc(C)cc5)c34)ccc12. The average Bonchev–Trinajstić information content (AvgIpc) is 3.41. The number of nitrogens with one attached hydrogen (secondary N) is 2. The van der Waals surface area contributed by atoms with Crippen LogP contribution in [0.2, 0.25) is 0 Å². The molecule has 0 aliphatic heterocycles. The molecule has 32 heavy (non-hydrogen) atoms. The maximum absolute atomic E-state index is 4.60. The molecule has 0 spiro atoms. The summed E-state index contributed by atoms with van der Waals surface area (Å²) in [5, 5.41) is 9.30. The van der Waals surface area contributed by atoms with Crippen molar-refractivity contribution < 1.29 is 0 Å². The Balaban J connectivity index is 1.45. The summed E-state index contributed by atoms with van der Waals surface area (Å²) in [6.07, 6.45) is 2.64. The van der Waals surface area contributed by atoms with Gasteiger partial charge in [-0.25, -0.2) is 9.97 Å². The molecule has 156 valence electrons. The van der Waals surface area contributed by atoms with Gasteiger partial charge in [-0.1, -0.05) is 61.0 Å². The van der Waals surface area contributed by atoms with Gasteiger partial charge in [0.15, 0.2) is 0 Å². The molecule has 0 bridgehead atoms. The van der Waals surface area contributed by atoms with Crippen molar-refractivity contribution in [2.45, 2.75) is 20.3 Å². The van der Waals surface area contributed by atoms with E-state index < -0.39 is 0 Å². The van der Waals surface area contributed by atoms with Gasteiger partial charge in [0.2, 0.25) is 0 Å². The largest absolute Gasteiger partial charge is 0.354 e. The molecule has 0 aliphatic carbocycles. The Labute approximate surface area is 190 Å². The smallest absolute Gasteiger partial charge is 0.143 e. The van der Waals surface area contributed by atoms with Crippen LogP contribution in [0.4, 0.5) is 11.5 Å². The van der Waals surface area contributed by atoms with Crippen molar-refractivity contribution in [3.05, 3.63) is 83.5 Å². The van der Waals surface area contributed by atoms with Crippen LogP contribution < -0.4 is 5.32 Å². The van der Waals surface area contributed by atoms with Crippen molar-refractivity contribution in [1.82, 2.24) is 15.0 Å². The second-order valence-electron chi connectivity index (χ2n) is 8.12. The fourth-order valence-electron chi connectivity index (χ4n) is 4.41. The van der Waals surface area contributed by atoms with Gasteiger partial charge in [0, 0.05) is 38.4 Å². The van der Waals surface area contributed by atoms with E-state index in [4.69, 9.17) is 0 Å². The summed E-state index contributed by atoms with van der Waals surface area (Å²) in [6.45, 7) is 4.30. The number of fused-ring (bicyclic) bond motifs is 4. The number of anilines is 2. The molecule has 0 fully saturated rings. The highest BCUT2D eigenvalue weighted by atomic mass is 32.1. The number of aromatic amines is 1. The van der Waals surface area contributed by atoms with Crippen LogP contribution in [0.3, 0.4) is 0 Å². The third-order valence-electron chi connectivity index (χ3n) is 6.10. The summed E-state index contributed by atoms with van der Waals surface area (Å²) in [5.74, 6) is 0.830.